The number of benzene rings is 2. The van der Waals surface area contributed by atoms with Crippen LogP contribution in [0.4, 0.5) is 11.4 Å². The van der Waals surface area contributed by atoms with Crippen molar-refractivity contribution in [3.63, 3.8) is 0 Å². The number of hydrogen-bond donors (Lipinski definition) is 1. The molecule has 1 atom stereocenters. The number of anilines is 2. The molecule has 0 bridgehead atoms. The summed E-state index contributed by atoms with van der Waals surface area (Å²) in [5.74, 6) is 1.04. The van der Waals surface area contributed by atoms with Crippen molar-refractivity contribution in [3.05, 3.63) is 41.4 Å². The van der Waals surface area contributed by atoms with Crippen LogP contribution in [-0.2, 0) is 14.8 Å². The lowest BCUT2D eigenvalue weighted by atomic mass is 10.2. The minimum atomic E-state index is -3.56. The summed E-state index contributed by atoms with van der Waals surface area (Å²) in [6.07, 6.45) is 0.401. The molecule has 0 aliphatic carbocycles. The highest BCUT2D eigenvalue weighted by molar-refractivity contribution is 7.92. The van der Waals surface area contributed by atoms with Crippen molar-refractivity contribution in [2.75, 3.05) is 29.2 Å². The van der Waals surface area contributed by atoms with Crippen LogP contribution in [0.15, 0.2) is 36.4 Å². The molecule has 2 aromatic carbocycles. The molecule has 2 heterocycles. The fourth-order valence-corrected chi connectivity index (χ4v) is 4.18. The third-order valence-corrected chi connectivity index (χ3v) is 5.80. The first-order valence-corrected chi connectivity index (χ1v) is 10.7. The van der Waals surface area contributed by atoms with Gasteiger partial charge in [-0.1, -0.05) is 11.6 Å². The molecular weight excluding hydrogens is 408 g/mol. The summed E-state index contributed by atoms with van der Waals surface area (Å²) in [5, 5.41) is 3.15. The molecule has 0 fully saturated rings. The van der Waals surface area contributed by atoms with E-state index >= 15 is 0 Å². The molecule has 28 heavy (non-hydrogen) atoms. The predicted octanol–water partition coefficient (Wildman–Crippen LogP) is 2.62. The number of carbonyl (C=O) groups is 1. The second kappa shape index (κ2) is 7.06. The van der Waals surface area contributed by atoms with Gasteiger partial charge in [-0.05, 0) is 30.3 Å². The zero-order valence-corrected chi connectivity index (χ0v) is 16.4. The molecule has 0 unspecified atom stereocenters. The Hall–Kier alpha value is -2.65. The standard InChI is InChI=1S/C18H17ClN2O6S/c1-28(23,24)21-7-6-16(27-14-4-2-11(19)8-13(14)21)18(22)20-12-3-5-15-17(9-12)26-10-25-15/h2-5,8-9,16H,6-7,10H2,1H3,(H,20,22)/t16-/m1/s1. The van der Waals surface area contributed by atoms with Gasteiger partial charge in [-0.2, -0.15) is 0 Å². The summed E-state index contributed by atoms with van der Waals surface area (Å²) in [4.78, 5) is 12.8. The van der Waals surface area contributed by atoms with Gasteiger partial charge in [0.25, 0.3) is 5.91 Å². The first kappa shape index (κ1) is 18.7. The van der Waals surface area contributed by atoms with Crippen molar-refractivity contribution in [1.29, 1.82) is 0 Å². The fourth-order valence-electron chi connectivity index (χ4n) is 3.08. The molecule has 0 saturated carbocycles. The van der Waals surface area contributed by atoms with E-state index in [9.17, 15) is 13.2 Å². The lowest BCUT2D eigenvalue weighted by Gasteiger charge is -2.21. The van der Waals surface area contributed by atoms with E-state index in [1.165, 1.54) is 10.4 Å². The Morgan fingerprint density at radius 1 is 1.14 bits per heavy atom. The van der Waals surface area contributed by atoms with Crippen LogP contribution >= 0.6 is 11.6 Å². The van der Waals surface area contributed by atoms with Gasteiger partial charge in [0.15, 0.2) is 17.6 Å². The molecule has 148 valence electrons. The molecule has 2 aliphatic rings. The van der Waals surface area contributed by atoms with Gasteiger partial charge < -0.3 is 19.5 Å². The maximum Gasteiger partial charge on any atom is 0.265 e. The average Bonchev–Trinajstić information content (AvgIpc) is 3.00. The lowest BCUT2D eigenvalue weighted by molar-refractivity contribution is -0.122. The van der Waals surface area contributed by atoms with Gasteiger partial charge in [0.05, 0.1) is 11.9 Å². The smallest absolute Gasteiger partial charge is 0.265 e. The summed E-state index contributed by atoms with van der Waals surface area (Å²) in [7, 11) is -3.56. The van der Waals surface area contributed by atoms with Crippen LogP contribution in [0, 0.1) is 0 Å². The Labute approximate surface area is 167 Å². The number of hydrogen-bond acceptors (Lipinski definition) is 6. The zero-order chi connectivity index (χ0) is 19.9. The minimum Gasteiger partial charge on any atom is -0.478 e. The van der Waals surface area contributed by atoms with Crippen molar-refractivity contribution in [1.82, 2.24) is 0 Å². The van der Waals surface area contributed by atoms with Crippen LogP contribution in [0.2, 0.25) is 5.02 Å². The number of ether oxygens (including phenoxy) is 3. The summed E-state index contributed by atoms with van der Waals surface area (Å²) in [6, 6.07) is 9.71. The third kappa shape index (κ3) is 3.67. The molecule has 0 radical (unpaired) electrons. The monoisotopic (exact) mass is 424 g/mol. The van der Waals surface area contributed by atoms with Crippen LogP contribution in [0.3, 0.4) is 0 Å². The largest absolute Gasteiger partial charge is 0.478 e. The van der Waals surface area contributed by atoms with Crippen molar-refractivity contribution < 1.29 is 27.4 Å². The van der Waals surface area contributed by atoms with Crippen molar-refractivity contribution >= 4 is 38.9 Å². The van der Waals surface area contributed by atoms with Gasteiger partial charge >= 0.3 is 0 Å². The summed E-state index contributed by atoms with van der Waals surface area (Å²) >= 11 is 6.02. The quantitative estimate of drug-likeness (QED) is 0.814. The third-order valence-electron chi connectivity index (χ3n) is 4.39. The van der Waals surface area contributed by atoms with E-state index in [2.05, 4.69) is 5.32 Å². The predicted molar refractivity (Wildman–Crippen MR) is 104 cm³/mol. The number of amides is 1. The zero-order valence-electron chi connectivity index (χ0n) is 14.8. The second-order valence-corrected chi connectivity index (χ2v) is 8.74. The fraction of sp³-hybridized carbons (Fsp3) is 0.278. The van der Waals surface area contributed by atoms with Crippen molar-refractivity contribution in [2.24, 2.45) is 0 Å². The molecule has 10 heteroatoms. The van der Waals surface area contributed by atoms with Crippen LogP contribution in [-0.4, -0.2) is 40.0 Å². The van der Waals surface area contributed by atoms with E-state index in [-0.39, 0.29) is 25.5 Å². The van der Waals surface area contributed by atoms with Gasteiger partial charge in [-0.25, -0.2) is 8.42 Å². The Morgan fingerprint density at radius 3 is 2.68 bits per heavy atom. The van der Waals surface area contributed by atoms with E-state index in [4.69, 9.17) is 25.8 Å². The number of nitrogens with one attached hydrogen (secondary N) is 1. The average molecular weight is 425 g/mol. The maximum atomic E-state index is 12.8. The molecule has 1 N–H and O–H groups in total. The number of carbonyl (C=O) groups excluding carboxylic acids is 1. The van der Waals surface area contributed by atoms with E-state index in [0.717, 1.165) is 6.26 Å². The molecule has 2 aromatic rings. The van der Waals surface area contributed by atoms with Gasteiger partial charge in [-0.3, -0.25) is 9.10 Å². The number of fused-ring (bicyclic) bond motifs is 2. The lowest BCUT2D eigenvalue weighted by Crippen LogP contribution is -2.35. The molecule has 4 rings (SSSR count). The summed E-state index contributed by atoms with van der Waals surface area (Å²) in [6.45, 7) is 0.227. The molecular formula is C18H17ClN2O6S. The van der Waals surface area contributed by atoms with Gasteiger partial charge in [0, 0.05) is 29.7 Å². The molecule has 0 spiro atoms. The molecule has 0 aromatic heterocycles. The van der Waals surface area contributed by atoms with E-state index in [0.29, 0.717) is 27.9 Å². The Morgan fingerprint density at radius 2 is 1.89 bits per heavy atom. The second-order valence-electron chi connectivity index (χ2n) is 6.40. The summed E-state index contributed by atoms with van der Waals surface area (Å²) in [5.41, 5.74) is 0.840. The van der Waals surface area contributed by atoms with E-state index < -0.39 is 22.0 Å². The van der Waals surface area contributed by atoms with Gasteiger partial charge in [0.2, 0.25) is 16.8 Å². The normalized spacial score (nSPS) is 18.1. The highest BCUT2D eigenvalue weighted by Gasteiger charge is 2.31. The SMILES string of the molecule is CS(=O)(=O)N1CC[C@H](C(=O)Nc2ccc3c(c2)OCO3)Oc2ccc(Cl)cc21. The van der Waals surface area contributed by atoms with E-state index in [1.54, 1.807) is 30.3 Å². The van der Waals surface area contributed by atoms with Crippen LogP contribution in [0.1, 0.15) is 6.42 Å². The Bertz CT molecular complexity index is 1040. The van der Waals surface area contributed by atoms with Gasteiger partial charge in [-0.15, -0.1) is 0 Å². The number of halogens is 1. The highest BCUT2D eigenvalue weighted by Crippen LogP contribution is 2.37. The molecule has 2 aliphatic heterocycles. The van der Waals surface area contributed by atoms with Crippen molar-refractivity contribution in [2.45, 2.75) is 12.5 Å². The van der Waals surface area contributed by atoms with E-state index in [1.807, 2.05) is 0 Å². The minimum absolute atomic E-state index is 0.0887. The number of nitrogens with zero attached hydrogens (tertiary/aromatic N) is 1. The van der Waals surface area contributed by atoms with Gasteiger partial charge in [0.1, 0.15) is 5.75 Å². The van der Waals surface area contributed by atoms with Crippen LogP contribution < -0.4 is 23.8 Å². The molecule has 0 saturated heterocycles. The number of rotatable bonds is 3. The summed E-state index contributed by atoms with van der Waals surface area (Å²) < 4.78 is 42.0. The molecule has 1 amide bonds. The highest BCUT2D eigenvalue weighted by atomic mass is 35.5. The van der Waals surface area contributed by atoms with Crippen LogP contribution in [0.25, 0.3) is 0 Å². The first-order chi connectivity index (χ1) is 13.3. The van der Waals surface area contributed by atoms with Crippen LogP contribution in [0.5, 0.6) is 17.2 Å². The topological polar surface area (TPSA) is 94.2 Å². The molecule has 8 nitrogen and oxygen atoms in total. The number of sulfonamides is 1. The maximum absolute atomic E-state index is 12.8. The Kier molecular flexibility index (Phi) is 4.72. The first-order valence-electron chi connectivity index (χ1n) is 8.46. The Balaban J connectivity index is 1.57. The van der Waals surface area contributed by atoms with Crippen molar-refractivity contribution in [3.8, 4) is 17.2 Å².